The largest absolute Gasteiger partial charge is 0.496 e. The molecule has 5 nitrogen and oxygen atoms in total. The molecular formula is C37H35FN2O3. The number of nitrogens with zero attached hydrogens (tertiary/aromatic N) is 1. The van der Waals surface area contributed by atoms with Gasteiger partial charge in [0.1, 0.15) is 11.6 Å². The molecule has 218 valence electrons. The molecule has 43 heavy (non-hydrogen) atoms. The summed E-state index contributed by atoms with van der Waals surface area (Å²) < 4.78 is 19.9. The summed E-state index contributed by atoms with van der Waals surface area (Å²) in [5.74, 6) is -0.0174. The summed E-state index contributed by atoms with van der Waals surface area (Å²) in [5, 5.41) is 13.4. The first-order chi connectivity index (χ1) is 20.9. The SMILES string of the molecule is COc1ccccc1[C@]1(O)CCC(c2ccccc2)(c2ccccc2)[C@H]2CN(C(=O)Cc3c[nH]c4ccc(F)cc34)C[C@H]21. The molecule has 7 rings (SSSR count). The Morgan fingerprint density at radius 2 is 1.56 bits per heavy atom. The lowest BCUT2D eigenvalue weighted by molar-refractivity contribution is -0.130. The number of methoxy groups -OCH3 is 1. The van der Waals surface area contributed by atoms with Crippen molar-refractivity contribution in [2.45, 2.75) is 30.3 Å². The third-order valence-corrected chi connectivity index (χ3v) is 10.0. The van der Waals surface area contributed by atoms with E-state index < -0.39 is 11.0 Å². The van der Waals surface area contributed by atoms with Gasteiger partial charge in [0.15, 0.2) is 0 Å². The number of hydrogen-bond acceptors (Lipinski definition) is 3. The first-order valence-electron chi connectivity index (χ1n) is 14.9. The van der Waals surface area contributed by atoms with Crippen molar-refractivity contribution in [2.24, 2.45) is 11.8 Å². The first kappa shape index (κ1) is 27.4. The van der Waals surface area contributed by atoms with Crippen LogP contribution in [0.2, 0.25) is 0 Å². The second-order valence-electron chi connectivity index (χ2n) is 12.0. The molecule has 2 fully saturated rings. The van der Waals surface area contributed by atoms with E-state index >= 15 is 0 Å². The summed E-state index contributed by atoms with van der Waals surface area (Å²) in [5.41, 5.74) is 3.13. The Kier molecular flexibility index (Phi) is 6.82. The van der Waals surface area contributed by atoms with Gasteiger partial charge in [-0.2, -0.15) is 0 Å². The van der Waals surface area contributed by atoms with Gasteiger partial charge in [0, 0.05) is 47.1 Å². The topological polar surface area (TPSA) is 65.6 Å². The minimum atomic E-state index is -1.19. The van der Waals surface area contributed by atoms with Gasteiger partial charge in [-0.3, -0.25) is 4.79 Å². The molecule has 1 aliphatic heterocycles. The summed E-state index contributed by atoms with van der Waals surface area (Å²) in [6.07, 6.45) is 3.18. The zero-order chi connectivity index (χ0) is 29.6. The highest BCUT2D eigenvalue weighted by atomic mass is 19.1. The second kappa shape index (κ2) is 10.7. The van der Waals surface area contributed by atoms with E-state index in [2.05, 4.69) is 53.5 Å². The van der Waals surface area contributed by atoms with Crippen LogP contribution in [-0.4, -0.2) is 41.1 Å². The van der Waals surface area contributed by atoms with Gasteiger partial charge in [0.2, 0.25) is 5.91 Å². The predicted molar refractivity (Wildman–Crippen MR) is 165 cm³/mol. The summed E-state index contributed by atoms with van der Waals surface area (Å²) in [6.45, 7) is 0.914. The number of nitrogens with one attached hydrogen (secondary N) is 1. The smallest absolute Gasteiger partial charge is 0.227 e. The summed E-state index contributed by atoms with van der Waals surface area (Å²) in [6, 6.07) is 33.4. The quantitative estimate of drug-likeness (QED) is 0.240. The van der Waals surface area contributed by atoms with E-state index in [0.717, 1.165) is 22.0 Å². The second-order valence-corrected chi connectivity index (χ2v) is 12.0. The molecule has 2 heterocycles. The maximum Gasteiger partial charge on any atom is 0.227 e. The van der Waals surface area contributed by atoms with Gasteiger partial charge in [0.25, 0.3) is 0 Å². The Bertz CT molecular complexity index is 1730. The highest BCUT2D eigenvalue weighted by molar-refractivity contribution is 5.89. The van der Waals surface area contributed by atoms with Crippen LogP contribution in [-0.2, 0) is 22.2 Å². The van der Waals surface area contributed by atoms with E-state index in [9.17, 15) is 14.3 Å². The van der Waals surface area contributed by atoms with Crippen LogP contribution in [0.4, 0.5) is 4.39 Å². The Labute approximate surface area is 250 Å². The summed E-state index contributed by atoms with van der Waals surface area (Å²) >= 11 is 0. The number of halogens is 1. The number of aromatic amines is 1. The van der Waals surface area contributed by atoms with Crippen molar-refractivity contribution >= 4 is 16.8 Å². The number of amides is 1. The van der Waals surface area contributed by atoms with Crippen molar-refractivity contribution in [1.29, 1.82) is 0 Å². The molecule has 1 saturated heterocycles. The van der Waals surface area contributed by atoms with Crippen LogP contribution in [0.3, 0.4) is 0 Å². The van der Waals surface area contributed by atoms with E-state index in [0.29, 0.717) is 31.7 Å². The van der Waals surface area contributed by atoms with Crippen molar-refractivity contribution in [3.05, 3.63) is 137 Å². The summed E-state index contributed by atoms with van der Waals surface area (Å²) in [7, 11) is 1.63. The van der Waals surface area contributed by atoms with E-state index in [1.54, 1.807) is 19.4 Å². The van der Waals surface area contributed by atoms with E-state index in [1.165, 1.54) is 23.3 Å². The van der Waals surface area contributed by atoms with Crippen molar-refractivity contribution in [2.75, 3.05) is 20.2 Å². The fourth-order valence-electron chi connectivity index (χ4n) is 8.01. The molecule has 1 saturated carbocycles. The molecule has 4 aromatic carbocycles. The molecule has 2 aliphatic rings. The van der Waals surface area contributed by atoms with Crippen LogP contribution < -0.4 is 4.74 Å². The standard InChI is InChI=1S/C37H35FN2O3/c1-43-34-15-9-8-14-30(34)37(42)19-18-36(26-10-4-2-5-11-26,27-12-6-3-7-13-27)31-23-40(24-32(31)37)35(41)20-25-22-39-33-17-16-28(38)21-29(25)33/h2-17,21-22,31-32,39,42H,18-20,23-24H2,1H3/t31-,32+,37+/m0/s1. The molecule has 3 atom stereocenters. The van der Waals surface area contributed by atoms with Crippen LogP contribution in [0.15, 0.2) is 109 Å². The van der Waals surface area contributed by atoms with Gasteiger partial charge in [-0.15, -0.1) is 0 Å². The number of rotatable bonds is 6. The van der Waals surface area contributed by atoms with Crippen molar-refractivity contribution in [3.8, 4) is 5.75 Å². The maximum absolute atomic E-state index is 14.1. The average molecular weight is 575 g/mol. The lowest BCUT2D eigenvalue weighted by Crippen LogP contribution is -2.53. The fraction of sp³-hybridized carbons (Fsp3) is 0.270. The van der Waals surface area contributed by atoms with Gasteiger partial charge in [0.05, 0.1) is 19.1 Å². The number of carbonyl (C=O) groups is 1. The average Bonchev–Trinajstić information content (AvgIpc) is 3.68. The van der Waals surface area contributed by atoms with Crippen molar-refractivity contribution in [1.82, 2.24) is 9.88 Å². The van der Waals surface area contributed by atoms with Gasteiger partial charge in [-0.05, 0) is 59.7 Å². The lowest BCUT2D eigenvalue weighted by Gasteiger charge is -2.53. The number of H-pyrrole nitrogens is 1. The number of fused-ring (bicyclic) bond motifs is 2. The minimum absolute atomic E-state index is 0.0306. The predicted octanol–water partition coefficient (Wildman–Crippen LogP) is 6.60. The molecule has 2 N–H and O–H groups in total. The van der Waals surface area contributed by atoms with Crippen LogP contribution >= 0.6 is 0 Å². The number of aromatic nitrogens is 1. The number of hydrogen-bond donors (Lipinski definition) is 2. The molecule has 0 spiro atoms. The normalized spacial score (nSPS) is 22.8. The number of ether oxygens (including phenoxy) is 1. The molecule has 1 aromatic heterocycles. The number of likely N-dealkylation sites (tertiary alicyclic amines) is 1. The minimum Gasteiger partial charge on any atom is -0.496 e. The fourth-order valence-corrected chi connectivity index (χ4v) is 8.01. The van der Waals surface area contributed by atoms with E-state index in [-0.39, 0.29) is 30.0 Å². The van der Waals surface area contributed by atoms with E-state index in [4.69, 9.17) is 4.74 Å². The van der Waals surface area contributed by atoms with Gasteiger partial charge >= 0.3 is 0 Å². The highest BCUT2D eigenvalue weighted by Crippen LogP contribution is 2.60. The number of aliphatic hydroxyl groups is 1. The van der Waals surface area contributed by atoms with Crippen LogP contribution in [0.1, 0.15) is 35.1 Å². The van der Waals surface area contributed by atoms with Gasteiger partial charge < -0.3 is 19.7 Å². The maximum atomic E-state index is 14.1. The number of para-hydroxylation sites is 1. The van der Waals surface area contributed by atoms with Crippen LogP contribution in [0.5, 0.6) is 5.75 Å². The molecular weight excluding hydrogens is 539 g/mol. The Balaban J connectivity index is 1.33. The molecule has 1 aliphatic carbocycles. The summed E-state index contributed by atoms with van der Waals surface area (Å²) in [4.78, 5) is 19.1. The van der Waals surface area contributed by atoms with Gasteiger partial charge in [-0.1, -0.05) is 78.9 Å². The van der Waals surface area contributed by atoms with Crippen molar-refractivity contribution < 1.29 is 19.0 Å². The first-order valence-corrected chi connectivity index (χ1v) is 14.9. The number of carbonyl (C=O) groups excluding carboxylic acids is 1. The van der Waals surface area contributed by atoms with Crippen LogP contribution in [0.25, 0.3) is 10.9 Å². The highest BCUT2D eigenvalue weighted by Gasteiger charge is 2.61. The molecule has 6 heteroatoms. The molecule has 5 aromatic rings. The molecule has 1 amide bonds. The third kappa shape index (κ3) is 4.43. The zero-order valence-electron chi connectivity index (χ0n) is 24.2. The molecule has 0 bridgehead atoms. The molecule has 0 radical (unpaired) electrons. The van der Waals surface area contributed by atoms with E-state index in [1.807, 2.05) is 41.3 Å². The molecule has 0 unspecified atom stereocenters. The Morgan fingerprint density at radius 3 is 2.26 bits per heavy atom. The lowest BCUT2D eigenvalue weighted by atomic mass is 9.52. The van der Waals surface area contributed by atoms with Gasteiger partial charge in [-0.25, -0.2) is 4.39 Å². The number of benzene rings is 4. The zero-order valence-corrected chi connectivity index (χ0v) is 24.2. The van der Waals surface area contributed by atoms with Crippen molar-refractivity contribution in [3.63, 3.8) is 0 Å². The third-order valence-electron chi connectivity index (χ3n) is 10.0. The van der Waals surface area contributed by atoms with Crippen LogP contribution in [0, 0.1) is 17.7 Å². The Morgan fingerprint density at radius 1 is 0.907 bits per heavy atom. The monoisotopic (exact) mass is 574 g/mol. The Hall–Kier alpha value is -4.42.